The molecule has 0 radical (unpaired) electrons. The lowest BCUT2D eigenvalue weighted by Crippen LogP contribution is -2.68. The summed E-state index contributed by atoms with van der Waals surface area (Å²) < 4.78 is 10.2. The van der Waals surface area contributed by atoms with Crippen molar-refractivity contribution >= 4 is 11.9 Å². The number of aliphatic hydroxyl groups excluding tert-OH is 1. The van der Waals surface area contributed by atoms with Crippen LogP contribution in [0.4, 0.5) is 0 Å². The van der Waals surface area contributed by atoms with Crippen molar-refractivity contribution in [1.82, 2.24) is 5.32 Å². The van der Waals surface area contributed by atoms with Crippen LogP contribution in [0.2, 0.25) is 0 Å². The van der Waals surface area contributed by atoms with Gasteiger partial charge in [0, 0.05) is 0 Å². The molecule has 0 aliphatic carbocycles. The summed E-state index contributed by atoms with van der Waals surface area (Å²) in [5.41, 5.74) is -2.97. The third kappa shape index (κ3) is 2.83. The van der Waals surface area contributed by atoms with Crippen LogP contribution in [0.5, 0.6) is 0 Å². The van der Waals surface area contributed by atoms with Gasteiger partial charge in [-0.15, -0.1) is 0 Å². The average molecular weight is 323 g/mol. The highest BCUT2D eigenvalue weighted by atomic mass is 16.5. The normalized spacial score (nSPS) is 30.1. The Morgan fingerprint density at radius 3 is 2.57 bits per heavy atom. The first kappa shape index (κ1) is 17.4. The fourth-order valence-corrected chi connectivity index (χ4v) is 2.80. The number of hydrogen-bond donors (Lipinski definition) is 3. The Bertz CT molecular complexity index is 577. The number of benzene rings is 1. The van der Waals surface area contributed by atoms with E-state index in [0.29, 0.717) is 0 Å². The zero-order chi connectivity index (χ0) is 17.1. The molecule has 0 aromatic heterocycles. The maximum atomic E-state index is 12.1. The van der Waals surface area contributed by atoms with E-state index in [1.54, 1.807) is 0 Å². The summed E-state index contributed by atoms with van der Waals surface area (Å²) in [5, 5.41) is 23.0. The number of rotatable bonds is 6. The van der Waals surface area contributed by atoms with Gasteiger partial charge in [0.2, 0.25) is 5.91 Å². The van der Waals surface area contributed by atoms with E-state index in [1.807, 2.05) is 30.3 Å². The highest BCUT2D eigenvalue weighted by Crippen LogP contribution is 2.38. The van der Waals surface area contributed by atoms with Gasteiger partial charge >= 0.3 is 5.97 Å². The number of ether oxygens (including phenoxy) is 2. The van der Waals surface area contributed by atoms with Crippen molar-refractivity contribution in [1.29, 1.82) is 0 Å². The maximum Gasteiger partial charge on any atom is 0.337 e. The van der Waals surface area contributed by atoms with Crippen LogP contribution in [0.3, 0.4) is 0 Å². The van der Waals surface area contributed by atoms with E-state index in [2.05, 4.69) is 10.1 Å². The van der Waals surface area contributed by atoms with Crippen molar-refractivity contribution in [3.05, 3.63) is 35.9 Å². The van der Waals surface area contributed by atoms with Crippen LogP contribution in [0.15, 0.2) is 30.3 Å². The molecular weight excluding hydrogens is 302 g/mol. The molecule has 1 amide bonds. The van der Waals surface area contributed by atoms with E-state index >= 15 is 0 Å². The number of nitrogens with one attached hydrogen (secondary N) is 1. The molecule has 126 valence electrons. The number of esters is 1. The van der Waals surface area contributed by atoms with E-state index in [-0.39, 0.29) is 13.2 Å². The third-order valence-electron chi connectivity index (χ3n) is 4.39. The van der Waals surface area contributed by atoms with Crippen molar-refractivity contribution in [3.63, 3.8) is 0 Å². The summed E-state index contributed by atoms with van der Waals surface area (Å²) in [6.07, 6.45) is 0. The minimum absolute atomic E-state index is 0.201. The molecule has 1 aliphatic heterocycles. The van der Waals surface area contributed by atoms with Gasteiger partial charge in [0.15, 0.2) is 5.54 Å². The zero-order valence-corrected chi connectivity index (χ0v) is 13.1. The second-order valence-corrected chi connectivity index (χ2v) is 5.67. The van der Waals surface area contributed by atoms with E-state index < -0.39 is 35.5 Å². The van der Waals surface area contributed by atoms with Crippen LogP contribution in [-0.2, 0) is 25.7 Å². The predicted molar refractivity (Wildman–Crippen MR) is 80.2 cm³/mol. The van der Waals surface area contributed by atoms with E-state index in [1.165, 1.54) is 6.92 Å². The molecule has 0 spiro atoms. The highest BCUT2D eigenvalue weighted by Gasteiger charge is 2.67. The molecule has 3 N–H and O–H groups in total. The second-order valence-electron chi connectivity index (χ2n) is 5.67. The van der Waals surface area contributed by atoms with E-state index in [0.717, 1.165) is 12.7 Å². The zero-order valence-electron chi connectivity index (χ0n) is 13.1. The second kappa shape index (κ2) is 6.66. The minimum atomic E-state index is -1.94. The number of amides is 1. The molecule has 1 heterocycles. The minimum Gasteiger partial charge on any atom is -0.467 e. The average Bonchev–Trinajstić information content (AvgIpc) is 2.77. The van der Waals surface area contributed by atoms with Crippen molar-refractivity contribution in [2.24, 2.45) is 5.92 Å². The van der Waals surface area contributed by atoms with Crippen LogP contribution in [0, 0.1) is 5.92 Å². The van der Waals surface area contributed by atoms with Gasteiger partial charge in [-0.05, 0) is 5.56 Å². The van der Waals surface area contributed by atoms with Gasteiger partial charge in [-0.2, -0.15) is 0 Å². The smallest absolute Gasteiger partial charge is 0.337 e. The Morgan fingerprint density at radius 2 is 2.00 bits per heavy atom. The van der Waals surface area contributed by atoms with Gasteiger partial charge in [-0.1, -0.05) is 37.3 Å². The molecule has 2 rings (SSSR count). The molecule has 23 heavy (non-hydrogen) atoms. The molecule has 1 aromatic rings. The molecule has 7 heteroatoms. The van der Waals surface area contributed by atoms with Crippen LogP contribution in [0.25, 0.3) is 0 Å². The van der Waals surface area contributed by atoms with Gasteiger partial charge in [0.1, 0.15) is 5.60 Å². The molecule has 0 unspecified atom stereocenters. The predicted octanol–water partition coefficient (Wildman–Crippen LogP) is -0.396. The Morgan fingerprint density at radius 1 is 1.35 bits per heavy atom. The van der Waals surface area contributed by atoms with Crippen LogP contribution < -0.4 is 5.32 Å². The number of methoxy groups -OCH3 is 1. The topological polar surface area (TPSA) is 105 Å². The molecule has 1 fully saturated rings. The Labute approximate surface area is 134 Å². The van der Waals surface area contributed by atoms with Gasteiger partial charge in [-0.25, -0.2) is 4.79 Å². The quantitative estimate of drug-likeness (QED) is 0.616. The summed E-state index contributed by atoms with van der Waals surface area (Å²) in [5.74, 6) is -2.40. The molecule has 0 bridgehead atoms. The Hall–Kier alpha value is -1.96. The SMILES string of the molecule is COC(=O)[C@]1(CO)NC(=O)[C@@H](C)[C@]1(O)COCc1ccccc1. The summed E-state index contributed by atoms with van der Waals surface area (Å²) in [4.78, 5) is 24.1. The van der Waals surface area contributed by atoms with Crippen LogP contribution >= 0.6 is 0 Å². The van der Waals surface area contributed by atoms with Gasteiger partial charge < -0.3 is 25.0 Å². The van der Waals surface area contributed by atoms with Crippen molar-refractivity contribution < 1.29 is 29.3 Å². The van der Waals surface area contributed by atoms with E-state index in [4.69, 9.17) is 4.74 Å². The summed E-state index contributed by atoms with van der Waals surface area (Å²) in [7, 11) is 1.13. The van der Waals surface area contributed by atoms with Crippen molar-refractivity contribution in [2.75, 3.05) is 20.3 Å². The molecule has 1 saturated heterocycles. The molecule has 3 atom stereocenters. The third-order valence-corrected chi connectivity index (χ3v) is 4.39. The highest BCUT2D eigenvalue weighted by molar-refractivity contribution is 5.96. The maximum absolute atomic E-state index is 12.1. The molecule has 1 aliphatic rings. The van der Waals surface area contributed by atoms with E-state index in [9.17, 15) is 19.8 Å². The van der Waals surface area contributed by atoms with Crippen molar-refractivity contribution in [2.45, 2.75) is 24.7 Å². The lowest BCUT2D eigenvalue weighted by molar-refractivity contribution is -0.173. The first-order chi connectivity index (χ1) is 10.9. The largest absolute Gasteiger partial charge is 0.467 e. The fraction of sp³-hybridized carbons (Fsp3) is 0.500. The van der Waals surface area contributed by atoms with Gasteiger partial charge in [0.25, 0.3) is 0 Å². The lowest BCUT2D eigenvalue weighted by atomic mass is 9.76. The number of aliphatic hydroxyl groups is 2. The first-order valence-electron chi connectivity index (χ1n) is 7.26. The molecule has 1 aromatic carbocycles. The van der Waals surface area contributed by atoms with Crippen LogP contribution in [0.1, 0.15) is 12.5 Å². The fourth-order valence-electron chi connectivity index (χ4n) is 2.80. The Balaban J connectivity index is 2.20. The summed E-state index contributed by atoms with van der Waals surface area (Å²) >= 11 is 0. The van der Waals surface area contributed by atoms with Gasteiger partial charge in [-0.3, -0.25) is 4.79 Å². The molecule has 0 saturated carbocycles. The number of hydrogen-bond acceptors (Lipinski definition) is 6. The summed E-state index contributed by atoms with van der Waals surface area (Å²) in [6, 6.07) is 9.27. The number of carbonyl (C=O) groups excluding carboxylic acids is 2. The number of carbonyl (C=O) groups is 2. The van der Waals surface area contributed by atoms with Crippen molar-refractivity contribution in [3.8, 4) is 0 Å². The summed E-state index contributed by atoms with van der Waals surface area (Å²) in [6.45, 7) is 0.576. The monoisotopic (exact) mass is 323 g/mol. The van der Waals surface area contributed by atoms with Crippen LogP contribution in [-0.4, -0.2) is 53.6 Å². The first-order valence-corrected chi connectivity index (χ1v) is 7.26. The molecular formula is C16H21NO6. The standard InChI is InChI=1S/C16H21NO6/c1-11-13(19)17-15(9-18,14(20)22-2)16(11,21)10-23-8-12-6-4-3-5-7-12/h3-7,11,18,21H,8-10H2,1-2H3,(H,17,19)/t11-,15+,16-/m1/s1. The Kier molecular flexibility index (Phi) is 5.03. The lowest BCUT2D eigenvalue weighted by Gasteiger charge is -2.38. The van der Waals surface area contributed by atoms with Gasteiger partial charge in [0.05, 0.1) is 32.8 Å². The molecule has 7 nitrogen and oxygen atoms in total.